The molecule has 0 saturated carbocycles. The van der Waals surface area contributed by atoms with Gasteiger partial charge < -0.3 is 20.3 Å². The first-order valence-electron chi connectivity index (χ1n) is 10.5. The van der Waals surface area contributed by atoms with Crippen LogP contribution < -0.4 is 10.1 Å². The second-order valence-corrected chi connectivity index (χ2v) is 8.26. The number of aromatic nitrogens is 3. The maximum atomic E-state index is 13.4. The van der Waals surface area contributed by atoms with Crippen molar-refractivity contribution in [2.24, 2.45) is 0 Å². The van der Waals surface area contributed by atoms with Crippen LogP contribution in [0.15, 0.2) is 53.7 Å². The van der Waals surface area contributed by atoms with Gasteiger partial charge in [-0.3, -0.25) is 9.36 Å². The summed E-state index contributed by atoms with van der Waals surface area (Å²) in [4.78, 5) is 12.3. The molecule has 1 atom stereocenters. The Morgan fingerprint density at radius 3 is 2.67 bits per heavy atom. The van der Waals surface area contributed by atoms with Gasteiger partial charge in [-0.1, -0.05) is 30.0 Å². The summed E-state index contributed by atoms with van der Waals surface area (Å²) in [5, 5.41) is 30.5. The Morgan fingerprint density at radius 1 is 1.18 bits per heavy atom. The van der Waals surface area contributed by atoms with E-state index in [-0.39, 0.29) is 24.1 Å². The molecular weight excluding hydrogens is 447 g/mol. The number of nitrogens with zero attached hydrogens (tertiary/aromatic N) is 3. The zero-order valence-electron chi connectivity index (χ0n) is 18.3. The molecule has 0 aliphatic rings. The Kier molecular flexibility index (Phi) is 9.23. The number of para-hydroxylation sites is 1. The van der Waals surface area contributed by atoms with Gasteiger partial charge in [0.05, 0.1) is 19.8 Å². The maximum absolute atomic E-state index is 13.4. The van der Waals surface area contributed by atoms with E-state index in [4.69, 9.17) is 9.84 Å². The SMILES string of the molecule is COc1ccccc1CCC(=O)NCCc1nnc(SC[C@H](O)CO)n1-c1ccc(F)cc1. The van der Waals surface area contributed by atoms with Gasteiger partial charge in [0, 0.05) is 30.8 Å². The number of aliphatic hydroxyl groups excluding tert-OH is 2. The van der Waals surface area contributed by atoms with Crippen LogP contribution in [-0.4, -0.2) is 63.0 Å². The molecule has 0 bridgehead atoms. The Hall–Kier alpha value is -2.95. The molecule has 10 heteroatoms. The van der Waals surface area contributed by atoms with Gasteiger partial charge >= 0.3 is 0 Å². The fourth-order valence-electron chi connectivity index (χ4n) is 3.19. The fourth-order valence-corrected chi connectivity index (χ4v) is 4.07. The Bertz CT molecular complexity index is 1050. The number of thioether (sulfide) groups is 1. The van der Waals surface area contributed by atoms with Crippen molar-refractivity contribution < 1.29 is 24.1 Å². The van der Waals surface area contributed by atoms with E-state index in [0.717, 1.165) is 11.3 Å². The van der Waals surface area contributed by atoms with E-state index in [1.807, 2.05) is 24.3 Å². The van der Waals surface area contributed by atoms with Crippen LogP contribution in [0.25, 0.3) is 5.69 Å². The lowest BCUT2D eigenvalue weighted by molar-refractivity contribution is -0.121. The zero-order chi connectivity index (χ0) is 23.6. The number of hydrogen-bond donors (Lipinski definition) is 3. The molecule has 0 spiro atoms. The number of amides is 1. The first kappa shape index (κ1) is 24.7. The molecule has 0 unspecified atom stereocenters. The number of carbonyl (C=O) groups is 1. The maximum Gasteiger partial charge on any atom is 0.220 e. The van der Waals surface area contributed by atoms with Gasteiger partial charge in [-0.2, -0.15) is 0 Å². The minimum atomic E-state index is -0.889. The predicted molar refractivity (Wildman–Crippen MR) is 123 cm³/mol. The lowest BCUT2D eigenvalue weighted by Gasteiger charge is -2.12. The third-order valence-electron chi connectivity index (χ3n) is 4.89. The van der Waals surface area contributed by atoms with Crippen LogP contribution in [0, 0.1) is 5.82 Å². The molecule has 176 valence electrons. The Balaban J connectivity index is 1.62. The normalized spacial score (nSPS) is 11.9. The number of ether oxygens (including phenoxy) is 1. The third-order valence-corrected chi connectivity index (χ3v) is 5.96. The van der Waals surface area contributed by atoms with Crippen molar-refractivity contribution in [3.63, 3.8) is 0 Å². The summed E-state index contributed by atoms with van der Waals surface area (Å²) in [6.45, 7) is -0.000548. The van der Waals surface area contributed by atoms with E-state index in [1.165, 1.54) is 23.9 Å². The molecule has 3 aromatic rings. The molecular formula is C23H27FN4O4S. The highest BCUT2D eigenvalue weighted by atomic mass is 32.2. The average Bonchev–Trinajstić information content (AvgIpc) is 3.24. The fraction of sp³-hybridized carbons (Fsp3) is 0.348. The van der Waals surface area contributed by atoms with Gasteiger partial charge in [0.25, 0.3) is 0 Å². The summed E-state index contributed by atoms with van der Waals surface area (Å²) in [5.74, 6) is 1.13. The van der Waals surface area contributed by atoms with Gasteiger partial charge in [0.15, 0.2) is 5.16 Å². The first-order valence-corrected chi connectivity index (χ1v) is 11.5. The highest BCUT2D eigenvalue weighted by Gasteiger charge is 2.16. The van der Waals surface area contributed by atoms with Crippen molar-refractivity contribution in [2.45, 2.75) is 30.5 Å². The minimum absolute atomic E-state index is 0.0885. The summed E-state index contributed by atoms with van der Waals surface area (Å²) in [5.41, 5.74) is 1.64. The monoisotopic (exact) mass is 474 g/mol. The topological polar surface area (TPSA) is 110 Å². The van der Waals surface area contributed by atoms with E-state index in [1.54, 1.807) is 23.8 Å². The summed E-state index contributed by atoms with van der Waals surface area (Å²) in [6, 6.07) is 13.5. The van der Waals surface area contributed by atoms with E-state index >= 15 is 0 Å². The van der Waals surface area contributed by atoms with Gasteiger partial charge in [-0.25, -0.2) is 4.39 Å². The van der Waals surface area contributed by atoms with Crippen molar-refractivity contribution >= 4 is 17.7 Å². The van der Waals surface area contributed by atoms with Crippen LogP contribution in [0.2, 0.25) is 0 Å². The van der Waals surface area contributed by atoms with Gasteiger partial charge in [0.2, 0.25) is 5.91 Å². The second-order valence-electron chi connectivity index (χ2n) is 7.27. The molecule has 33 heavy (non-hydrogen) atoms. The van der Waals surface area contributed by atoms with Crippen LogP contribution in [0.3, 0.4) is 0 Å². The molecule has 0 fully saturated rings. The smallest absolute Gasteiger partial charge is 0.220 e. The number of hydrogen-bond acceptors (Lipinski definition) is 7. The summed E-state index contributed by atoms with van der Waals surface area (Å²) in [7, 11) is 1.60. The molecule has 1 heterocycles. The number of carbonyl (C=O) groups excluding carboxylic acids is 1. The molecule has 1 aromatic heterocycles. The molecule has 8 nitrogen and oxygen atoms in total. The molecule has 0 radical (unpaired) electrons. The van der Waals surface area contributed by atoms with Crippen LogP contribution in [-0.2, 0) is 17.6 Å². The number of aliphatic hydroxyl groups is 2. The Morgan fingerprint density at radius 2 is 1.94 bits per heavy atom. The number of nitrogens with one attached hydrogen (secondary N) is 1. The Labute approximate surface area is 195 Å². The number of benzene rings is 2. The van der Waals surface area contributed by atoms with Crippen molar-refractivity contribution in [1.29, 1.82) is 0 Å². The quantitative estimate of drug-likeness (QED) is 0.345. The lowest BCUT2D eigenvalue weighted by atomic mass is 10.1. The van der Waals surface area contributed by atoms with E-state index in [9.17, 15) is 14.3 Å². The van der Waals surface area contributed by atoms with Gasteiger partial charge in [-0.05, 0) is 42.3 Å². The molecule has 0 aliphatic heterocycles. The van der Waals surface area contributed by atoms with Crippen LogP contribution in [0.4, 0.5) is 4.39 Å². The molecule has 0 saturated heterocycles. The van der Waals surface area contributed by atoms with Crippen molar-refractivity contribution in [2.75, 3.05) is 26.0 Å². The predicted octanol–water partition coefficient (Wildman–Crippen LogP) is 2.15. The van der Waals surface area contributed by atoms with Gasteiger partial charge in [0.1, 0.15) is 17.4 Å². The second kappa shape index (κ2) is 12.3. The van der Waals surface area contributed by atoms with E-state index in [2.05, 4.69) is 15.5 Å². The highest BCUT2D eigenvalue weighted by Crippen LogP contribution is 2.23. The summed E-state index contributed by atoms with van der Waals surface area (Å²) >= 11 is 1.23. The van der Waals surface area contributed by atoms with E-state index < -0.39 is 6.10 Å². The molecule has 0 aliphatic carbocycles. The molecule has 2 aromatic carbocycles. The third kappa shape index (κ3) is 7.01. The average molecular weight is 475 g/mol. The van der Waals surface area contributed by atoms with Crippen molar-refractivity contribution in [3.05, 3.63) is 65.7 Å². The lowest BCUT2D eigenvalue weighted by Crippen LogP contribution is -2.26. The zero-order valence-corrected chi connectivity index (χ0v) is 19.1. The summed E-state index contributed by atoms with van der Waals surface area (Å²) in [6.07, 6.45) is 0.411. The van der Waals surface area contributed by atoms with E-state index in [0.29, 0.717) is 42.5 Å². The van der Waals surface area contributed by atoms with Crippen LogP contribution >= 0.6 is 11.8 Å². The number of halogens is 1. The van der Waals surface area contributed by atoms with Crippen LogP contribution in [0.5, 0.6) is 5.75 Å². The standard InChI is InChI=1S/C23H27FN4O4S/c1-32-20-5-3-2-4-16(20)6-11-22(31)25-13-12-21-26-27-23(33-15-19(30)14-29)28(21)18-9-7-17(24)8-10-18/h2-5,7-10,19,29-30H,6,11-15H2,1H3,(H,25,31)/t19-/m1/s1. The molecule has 3 N–H and O–H groups in total. The number of aryl methyl sites for hydroxylation is 1. The van der Waals surface area contributed by atoms with Crippen molar-refractivity contribution in [3.8, 4) is 11.4 Å². The number of rotatable bonds is 12. The largest absolute Gasteiger partial charge is 0.496 e. The van der Waals surface area contributed by atoms with Crippen molar-refractivity contribution in [1.82, 2.24) is 20.1 Å². The molecule has 1 amide bonds. The van der Waals surface area contributed by atoms with Gasteiger partial charge in [-0.15, -0.1) is 10.2 Å². The van der Waals surface area contributed by atoms with Crippen LogP contribution in [0.1, 0.15) is 17.8 Å². The highest BCUT2D eigenvalue weighted by molar-refractivity contribution is 7.99. The molecule has 3 rings (SSSR count). The number of methoxy groups -OCH3 is 1. The summed E-state index contributed by atoms with van der Waals surface area (Å²) < 4.78 is 20.5. The minimum Gasteiger partial charge on any atom is -0.496 e. The first-order chi connectivity index (χ1) is 16.0.